The number of hydrogen-bond donors (Lipinski definition) is 1. The number of nitrogens with one attached hydrogen (secondary N) is 1. The van der Waals surface area contributed by atoms with Crippen LogP contribution in [0, 0.1) is 18.3 Å². The summed E-state index contributed by atoms with van der Waals surface area (Å²) in [7, 11) is -3.56. The van der Waals surface area contributed by atoms with Crippen molar-refractivity contribution in [2.45, 2.75) is 19.1 Å². The number of benzene rings is 1. The van der Waals surface area contributed by atoms with E-state index in [0.717, 1.165) is 5.56 Å². The molecule has 18 heavy (non-hydrogen) atoms. The Labute approximate surface area is 107 Å². The van der Waals surface area contributed by atoms with Crippen molar-refractivity contribution in [2.24, 2.45) is 0 Å². The molecule has 98 valence electrons. The second-order valence-corrected chi connectivity index (χ2v) is 5.96. The summed E-state index contributed by atoms with van der Waals surface area (Å²) in [6.07, 6.45) is 0. The third kappa shape index (κ3) is 4.35. The number of hydrogen-bond acceptors (Lipinski definition) is 4. The van der Waals surface area contributed by atoms with E-state index in [1.807, 2.05) is 25.1 Å². The van der Waals surface area contributed by atoms with Crippen LogP contribution in [-0.4, -0.2) is 26.8 Å². The Balaban J connectivity index is 2.38. The topological polar surface area (TPSA) is 79.2 Å². The van der Waals surface area contributed by atoms with Crippen LogP contribution in [-0.2, 0) is 10.0 Å². The number of nitrogens with zero attached hydrogens (tertiary/aromatic N) is 1. The van der Waals surface area contributed by atoms with Crippen molar-refractivity contribution in [1.29, 1.82) is 5.26 Å². The number of aryl methyl sites for hydroxylation is 1. The van der Waals surface area contributed by atoms with E-state index in [0.29, 0.717) is 5.75 Å². The van der Waals surface area contributed by atoms with E-state index in [2.05, 4.69) is 4.72 Å². The summed E-state index contributed by atoms with van der Waals surface area (Å²) in [4.78, 5) is 0. The lowest BCUT2D eigenvalue weighted by Gasteiger charge is -2.09. The van der Waals surface area contributed by atoms with Crippen LogP contribution in [0.15, 0.2) is 24.3 Å². The zero-order valence-electron chi connectivity index (χ0n) is 10.4. The predicted octanol–water partition coefficient (Wildman–Crippen LogP) is 1.21. The van der Waals surface area contributed by atoms with Gasteiger partial charge in [-0.1, -0.05) is 12.1 Å². The Morgan fingerprint density at radius 3 is 2.83 bits per heavy atom. The van der Waals surface area contributed by atoms with E-state index in [-0.39, 0.29) is 13.2 Å². The maximum atomic E-state index is 11.4. The average Bonchev–Trinajstić information content (AvgIpc) is 2.33. The van der Waals surface area contributed by atoms with Gasteiger partial charge in [-0.2, -0.15) is 5.26 Å². The zero-order chi connectivity index (χ0) is 13.6. The summed E-state index contributed by atoms with van der Waals surface area (Å²) in [5.74, 6) is 0.697. The highest BCUT2D eigenvalue weighted by atomic mass is 32.2. The minimum atomic E-state index is -3.56. The molecule has 0 spiro atoms. The monoisotopic (exact) mass is 268 g/mol. The minimum absolute atomic E-state index is 0.141. The molecule has 0 bridgehead atoms. The van der Waals surface area contributed by atoms with Gasteiger partial charge >= 0.3 is 0 Å². The van der Waals surface area contributed by atoms with Crippen LogP contribution < -0.4 is 9.46 Å². The van der Waals surface area contributed by atoms with Crippen LogP contribution in [0.2, 0.25) is 0 Å². The first-order valence-electron chi connectivity index (χ1n) is 5.53. The molecule has 0 amide bonds. The SMILES string of the molecule is Cc1cccc(OCCNS(=O)(=O)C(C)C#N)c1. The molecule has 1 unspecified atom stereocenters. The average molecular weight is 268 g/mol. The quantitative estimate of drug-likeness (QED) is 0.786. The van der Waals surface area contributed by atoms with Crippen LogP contribution in [0.1, 0.15) is 12.5 Å². The summed E-state index contributed by atoms with van der Waals surface area (Å²) < 4.78 is 30.6. The zero-order valence-corrected chi connectivity index (χ0v) is 11.2. The first kappa shape index (κ1) is 14.5. The van der Waals surface area contributed by atoms with E-state index >= 15 is 0 Å². The van der Waals surface area contributed by atoms with Gasteiger partial charge in [-0.3, -0.25) is 0 Å². The van der Waals surface area contributed by atoms with Crippen molar-refractivity contribution in [3.8, 4) is 11.8 Å². The Hall–Kier alpha value is -1.58. The van der Waals surface area contributed by atoms with Crippen molar-refractivity contribution >= 4 is 10.0 Å². The molecule has 1 N–H and O–H groups in total. The van der Waals surface area contributed by atoms with Crippen molar-refractivity contribution in [3.05, 3.63) is 29.8 Å². The largest absolute Gasteiger partial charge is 0.492 e. The van der Waals surface area contributed by atoms with Gasteiger partial charge in [-0.05, 0) is 31.5 Å². The number of ether oxygens (including phenoxy) is 1. The fraction of sp³-hybridized carbons (Fsp3) is 0.417. The normalized spacial score (nSPS) is 12.7. The van der Waals surface area contributed by atoms with Gasteiger partial charge in [0.2, 0.25) is 10.0 Å². The molecule has 0 heterocycles. The van der Waals surface area contributed by atoms with E-state index in [9.17, 15) is 8.42 Å². The standard InChI is InChI=1S/C12H16N2O3S/c1-10-4-3-5-12(8-10)17-7-6-14-18(15,16)11(2)9-13/h3-5,8,11,14H,6-7H2,1-2H3. The van der Waals surface area contributed by atoms with Gasteiger partial charge in [0, 0.05) is 6.54 Å². The molecule has 0 aliphatic carbocycles. The molecule has 6 heteroatoms. The van der Waals surface area contributed by atoms with Crippen molar-refractivity contribution in [2.75, 3.05) is 13.2 Å². The molecular weight excluding hydrogens is 252 g/mol. The minimum Gasteiger partial charge on any atom is -0.492 e. The Kier molecular flexibility index (Phi) is 5.13. The summed E-state index contributed by atoms with van der Waals surface area (Å²) in [5, 5.41) is 7.48. The molecule has 1 atom stereocenters. The van der Waals surface area contributed by atoms with Gasteiger partial charge in [-0.15, -0.1) is 0 Å². The van der Waals surface area contributed by atoms with Gasteiger partial charge in [0.1, 0.15) is 12.4 Å². The molecule has 1 aromatic rings. The van der Waals surface area contributed by atoms with Crippen LogP contribution in [0.5, 0.6) is 5.75 Å². The third-order valence-electron chi connectivity index (χ3n) is 2.31. The molecule has 0 aliphatic rings. The van der Waals surface area contributed by atoms with Crippen LogP contribution in [0.3, 0.4) is 0 Å². The molecule has 5 nitrogen and oxygen atoms in total. The van der Waals surface area contributed by atoms with Gasteiger partial charge in [-0.25, -0.2) is 13.1 Å². The predicted molar refractivity (Wildman–Crippen MR) is 68.7 cm³/mol. The summed E-state index contributed by atoms with van der Waals surface area (Å²) in [6.45, 7) is 3.65. The lowest BCUT2D eigenvalue weighted by atomic mass is 10.2. The second-order valence-electron chi connectivity index (χ2n) is 3.88. The van der Waals surface area contributed by atoms with Crippen LogP contribution in [0.4, 0.5) is 0 Å². The fourth-order valence-electron chi connectivity index (χ4n) is 1.25. The van der Waals surface area contributed by atoms with Gasteiger partial charge in [0.15, 0.2) is 5.25 Å². The lowest BCUT2D eigenvalue weighted by molar-refractivity contribution is 0.322. The molecule has 1 aromatic carbocycles. The van der Waals surface area contributed by atoms with Crippen LogP contribution in [0.25, 0.3) is 0 Å². The lowest BCUT2D eigenvalue weighted by Crippen LogP contribution is -2.34. The number of nitriles is 1. The Morgan fingerprint density at radius 2 is 2.22 bits per heavy atom. The van der Waals surface area contributed by atoms with Gasteiger partial charge < -0.3 is 4.74 Å². The molecule has 0 saturated heterocycles. The summed E-state index contributed by atoms with van der Waals surface area (Å²) >= 11 is 0. The summed E-state index contributed by atoms with van der Waals surface area (Å²) in [6, 6.07) is 9.17. The highest BCUT2D eigenvalue weighted by Crippen LogP contribution is 2.11. The van der Waals surface area contributed by atoms with E-state index in [1.165, 1.54) is 6.92 Å². The van der Waals surface area contributed by atoms with Crippen LogP contribution >= 0.6 is 0 Å². The fourth-order valence-corrected chi connectivity index (χ4v) is 2.01. The second kappa shape index (κ2) is 6.38. The highest BCUT2D eigenvalue weighted by Gasteiger charge is 2.18. The van der Waals surface area contributed by atoms with Crippen molar-refractivity contribution < 1.29 is 13.2 Å². The Morgan fingerprint density at radius 1 is 1.50 bits per heavy atom. The van der Waals surface area contributed by atoms with E-state index < -0.39 is 15.3 Å². The van der Waals surface area contributed by atoms with Gasteiger partial charge in [0.05, 0.1) is 6.07 Å². The molecule has 0 aliphatic heterocycles. The molecule has 0 radical (unpaired) electrons. The van der Waals surface area contributed by atoms with Gasteiger partial charge in [0.25, 0.3) is 0 Å². The van der Waals surface area contributed by atoms with Crippen molar-refractivity contribution in [1.82, 2.24) is 4.72 Å². The molecule has 0 saturated carbocycles. The molecular formula is C12H16N2O3S. The smallest absolute Gasteiger partial charge is 0.227 e. The number of rotatable bonds is 6. The molecule has 1 rings (SSSR count). The third-order valence-corrected chi connectivity index (χ3v) is 3.95. The first-order valence-corrected chi connectivity index (χ1v) is 7.08. The maximum Gasteiger partial charge on any atom is 0.227 e. The number of sulfonamides is 1. The highest BCUT2D eigenvalue weighted by molar-refractivity contribution is 7.90. The van der Waals surface area contributed by atoms with Crippen molar-refractivity contribution in [3.63, 3.8) is 0 Å². The molecule has 0 aromatic heterocycles. The first-order chi connectivity index (χ1) is 8.45. The Bertz CT molecular complexity index is 534. The molecule has 0 fully saturated rings. The van der Waals surface area contributed by atoms with E-state index in [1.54, 1.807) is 12.1 Å². The summed E-state index contributed by atoms with van der Waals surface area (Å²) in [5.41, 5.74) is 1.08. The maximum absolute atomic E-state index is 11.4. The van der Waals surface area contributed by atoms with E-state index in [4.69, 9.17) is 10.00 Å².